The van der Waals surface area contributed by atoms with Gasteiger partial charge in [0.05, 0.1) is 17.2 Å². The number of nitrogens with two attached hydrogens (primary N) is 1. The number of phenolic OH excluding ortho intramolecular Hbond substituents is 1. The van der Waals surface area contributed by atoms with Gasteiger partial charge in [-0.3, -0.25) is 19.3 Å². The Morgan fingerprint density at radius 1 is 0.768 bits per heavy atom. The molecule has 1 aromatic carbocycles. The van der Waals surface area contributed by atoms with E-state index in [9.17, 15) is 67.3 Å². The van der Waals surface area contributed by atoms with Gasteiger partial charge in [-0.05, 0) is 39.1 Å². The molecule has 1 heterocycles. The van der Waals surface area contributed by atoms with Crippen LogP contribution in [0.5, 0.6) is 5.75 Å². The summed E-state index contributed by atoms with van der Waals surface area (Å²) in [6.07, 6.45) is -0.200. The number of carbonyl (C=O) groups excluding carboxylic acids is 3. The summed E-state index contributed by atoms with van der Waals surface area (Å²) in [5.41, 5.74) is -0.548. The minimum absolute atomic E-state index is 0.170. The number of fused-ring (bicyclic) bond motifs is 3. The molecular weight excluding hydrogens is 894 g/mol. The number of aliphatic hydroxyl groups is 4. The Morgan fingerprint density at radius 3 is 1.52 bits per heavy atom. The monoisotopic (exact) mass is 924 g/mol. The van der Waals surface area contributed by atoms with Gasteiger partial charge in [-0.1, -0.05) is 12.1 Å². The van der Waals surface area contributed by atoms with E-state index in [0.29, 0.717) is 0 Å². The maximum atomic E-state index is 13.7. The number of likely N-dealkylation sites (N-methyl/N-ethyl adjacent to an activating group) is 1. The molecule has 13 N–H and O–H groups in total. The molecule has 0 aromatic heterocycles. The van der Waals surface area contributed by atoms with Crippen LogP contribution < -0.4 is 5.73 Å². The number of aliphatic hydroxyl groups excluding tert-OH is 2. The molecule has 0 radical (unpaired) electrons. The van der Waals surface area contributed by atoms with Crippen molar-refractivity contribution in [3.8, 4) is 5.75 Å². The van der Waals surface area contributed by atoms with E-state index in [1.165, 1.54) is 44.1 Å². The smallest absolute Gasteiger partial charge is 0.490 e. The molecule has 56 heavy (non-hydrogen) atoms. The lowest BCUT2D eigenvalue weighted by molar-refractivity contribution is -0.159. The summed E-state index contributed by atoms with van der Waals surface area (Å²) in [5, 5.41) is 54.9. The van der Waals surface area contributed by atoms with E-state index in [1.807, 2.05) is 0 Å². The maximum absolute atomic E-state index is 13.7. The number of Topliss-reactive ketones (excluding diaryl/α,β-unsaturated/α-hetero) is 2. The van der Waals surface area contributed by atoms with Crippen LogP contribution in [0.15, 0.2) is 35.1 Å². The molecule has 1 aliphatic heterocycles. The number of amides is 1. The lowest BCUT2D eigenvalue weighted by Crippen LogP contribution is -2.67. The van der Waals surface area contributed by atoms with E-state index in [1.54, 1.807) is 0 Å². The third-order valence-electron chi connectivity index (χ3n) is 8.26. The molecule has 28 nitrogen and oxygen atoms in total. The number of hydrogen-bond acceptors (Lipinski definition) is 21. The first-order valence-corrected chi connectivity index (χ1v) is 23.4. The molecule has 1 saturated carbocycles. The largest absolute Gasteiger partial charge is 0.508 e. The zero-order valence-corrected chi connectivity index (χ0v) is 33.3. The summed E-state index contributed by atoms with van der Waals surface area (Å²) in [5.74, 6) is -7.90. The van der Waals surface area contributed by atoms with Crippen LogP contribution in [-0.2, 0) is 73.2 Å². The van der Waals surface area contributed by atoms with Crippen LogP contribution in [0.2, 0.25) is 0 Å². The fourth-order valence-electron chi connectivity index (χ4n) is 6.37. The Labute approximate surface area is 311 Å². The molecule has 1 aromatic rings. The van der Waals surface area contributed by atoms with Crippen molar-refractivity contribution in [2.75, 3.05) is 14.1 Å². The van der Waals surface area contributed by atoms with Crippen LogP contribution >= 0.6 is 46.9 Å². The van der Waals surface area contributed by atoms with E-state index in [0.717, 1.165) is 0 Å². The molecule has 1 saturated heterocycles. The van der Waals surface area contributed by atoms with Crippen LogP contribution in [0.1, 0.15) is 24.5 Å². The van der Waals surface area contributed by atoms with Crippen molar-refractivity contribution in [3.63, 3.8) is 0 Å². The van der Waals surface area contributed by atoms with Crippen molar-refractivity contribution in [1.29, 1.82) is 0 Å². The number of ketones is 2. The van der Waals surface area contributed by atoms with Crippen molar-refractivity contribution in [1.82, 2.24) is 4.90 Å². The number of aromatic hydroxyl groups is 1. The summed E-state index contributed by atoms with van der Waals surface area (Å²) in [4.78, 5) is 93.6. The lowest BCUT2D eigenvalue weighted by Gasteiger charge is -2.53. The second-order valence-electron chi connectivity index (χ2n) is 12.3. The highest BCUT2D eigenvalue weighted by Crippen LogP contribution is 2.79. The Morgan fingerprint density at radius 2 is 1.16 bits per heavy atom. The molecule has 1 amide bonds. The average Bonchev–Trinajstić information content (AvgIpc) is 2.93. The third kappa shape index (κ3) is 8.97. The number of carbonyl (C=O) groups is 3. The Balaban J connectivity index is 0.000000261. The molecule has 4 aliphatic rings. The van der Waals surface area contributed by atoms with Crippen LogP contribution in [0.3, 0.4) is 0 Å². The highest BCUT2D eigenvalue weighted by atomic mass is 31.3. The lowest BCUT2D eigenvalue weighted by atomic mass is 9.54. The van der Waals surface area contributed by atoms with Crippen molar-refractivity contribution in [3.05, 3.63) is 46.2 Å². The number of hydrogen-bond donors (Lipinski definition) is 12. The molecule has 0 spiro atoms. The third-order valence-corrected chi connectivity index (χ3v) is 18.2. The van der Waals surface area contributed by atoms with Crippen LogP contribution in [0.4, 0.5) is 0 Å². The Kier molecular flexibility index (Phi) is 12.2. The molecule has 2 fully saturated rings. The predicted molar refractivity (Wildman–Crippen MR) is 176 cm³/mol. The normalized spacial score (nSPS) is 43.3. The number of rotatable bonds is 2. The second-order valence-corrected chi connectivity index (χ2v) is 21.8. The zero-order chi connectivity index (χ0) is 43.2. The van der Waals surface area contributed by atoms with Gasteiger partial charge in [0.1, 0.15) is 22.8 Å². The highest BCUT2D eigenvalue weighted by molar-refractivity contribution is 7.75. The molecule has 3 aliphatic carbocycles. The van der Waals surface area contributed by atoms with Gasteiger partial charge < -0.3 is 60.6 Å². The van der Waals surface area contributed by atoms with E-state index >= 15 is 0 Å². The Bertz CT molecular complexity index is 2060. The molecule has 314 valence electrons. The van der Waals surface area contributed by atoms with Gasteiger partial charge in [0.25, 0.3) is 5.91 Å². The second kappa shape index (κ2) is 14.8. The fourth-order valence-corrected chi connectivity index (χ4v) is 15.0. The zero-order valence-electron chi connectivity index (χ0n) is 27.9. The van der Waals surface area contributed by atoms with E-state index in [2.05, 4.69) is 25.9 Å². The van der Waals surface area contributed by atoms with Gasteiger partial charge in [0.2, 0.25) is 5.78 Å². The van der Waals surface area contributed by atoms with Gasteiger partial charge in [-0.2, -0.15) is 25.9 Å². The first-order valence-electron chi connectivity index (χ1n) is 14.5. The highest BCUT2D eigenvalue weighted by Gasteiger charge is 2.66. The first-order chi connectivity index (χ1) is 25.0. The molecule has 0 unspecified atom stereocenters. The van der Waals surface area contributed by atoms with Crippen molar-refractivity contribution < 1.29 is 123 Å². The summed E-state index contributed by atoms with van der Waals surface area (Å²) in [6, 6.07) is 3.02. The number of phenols is 1. The minimum Gasteiger partial charge on any atom is -0.508 e. The van der Waals surface area contributed by atoms with Crippen molar-refractivity contribution >= 4 is 70.2 Å². The molecular formula is C22H30N2O26P6. The SMILES string of the molecule is CN(C)[C@@H]1C(=O)C(C(N)=O)=C(O)[C@@]2(O)C(=O)C3=C(O)c4c(O)cccc4[C@](C)(O)[C@H]3C[C@@H]12.O=P1(O)OP(=O)(O)OP(=O)(O)OP(=O)(O)OP(=O)(O)OP(=O)(O)O1. The first kappa shape index (κ1) is 46.4. The predicted octanol–water partition coefficient (Wildman–Crippen LogP) is 0.331. The van der Waals surface area contributed by atoms with E-state index < -0.39 is 122 Å². The van der Waals surface area contributed by atoms with Gasteiger partial charge in [-0.25, -0.2) is 27.4 Å². The summed E-state index contributed by atoms with van der Waals surface area (Å²) in [7, 11) is -33.7. The van der Waals surface area contributed by atoms with Crippen molar-refractivity contribution in [2.24, 2.45) is 17.6 Å². The average molecular weight is 924 g/mol. The molecule has 5 rings (SSSR count). The maximum Gasteiger partial charge on any atom is 0.490 e. The van der Waals surface area contributed by atoms with Gasteiger partial charge in [0.15, 0.2) is 11.4 Å². The number of phosphoric acid groups is 6. The van der Waals surface area contributed by atoms with E-state index in [4.69, 9.17) is 35.1 Å². The molecule has 34 heteroatoms. The standard InChI is InChI=1S/C22H24N2O8.H6O18P6/c1-21(31)8-5-4-6-11(25)12(8)16(26)13-9(21)7-10-15(24(2)3)17(27)14(20(23)30)19(29)22(10,32)18(13)28;1-19(2)13-20(3,4)15-22(7,8)17-24(11,12)18-23(9,10)16-21(5,6)14-19/h4-6,9-10,15,25-26,29,31-32H,7H2,1-3H3,(H2,23,30);(H,1,2)(H,3,4)(H,5,6)(H,7,8)(H,9,10)(H,11,12)/t9-,10-,15-,21-,22-;/m0./s1. The topological polar surface area (TPSA) is 461 Å². The van der Waals surface area contributed by atoms with Crippen LogP contribution in [0, 0.1) is 11.8 Å². The fraction of sp³-hybridized carbons (Fsp3) is 0.409. The summed E-state index contributed by atoms with van der Waals surface area (Å²) < 4.78 is 86.9. The minimum atomic E-state index is -6.11. The van der Waals surface area contributed by atoms with Crippen molar-refractivity contribution in [2.45, 2.75) is 30.6 Å². The van der Waals surface area contributed by atoms with E-state index in [-0.39, 0.29) is 17.5 Å². The van der Waals surface area contributed by atoms with Gasteiger partial charge >= 0.3 is 46.9 Å². The Hall–Kier alpha value is -2.31. The number of nitrogens with zero attached hydrogens (tertiary/aromatic N) is 1. The quantitative estimate of drug-likeness (QED) is 0.140. The van der Waals surface area contributed by atoms with Gasteiger partial charge in [-0.15, -0.1) is 0 Å². The van der Waals surface area contributed by atoms with Crippen LogP contribution in [0.25, 0.3) is 5.76 Å². The number of benzene rings is 1. The number of primary amides is 1. The summed E-state index contributed by atoms with van der Waals surface area (Å²) in [6.45, 7) is 1.40. The van der Waals surface area contributed by atoms with Crippen LogP contribution in [-0.4, -0.2) is 103 Å². The van der Waals surface area contributed by atoms with Gasteiger partial charge in [0, 0.05) is 17.4 Å². The summed E-state index contributed by atoms with van der Waals surface area (Å²) >= 11 is 0. The molecule has 0 bridgehead atoms. The molecule has 5 atom stereocenters.